The maximum Gasteiger partial charge on any atom is 0.308 e. The number of rotatable bonds is 6. The molecule has 5 heteroatoms. The van der Waals surface area contributed by atoms with Gasteiger partial charge in [-0.15, -0.1) is 11.8 Å². The Labute approximate surface area is 129 Å². The van der Waals surface area contributed by atoms with E-state index in [9.17, 15) is 9.90 Å². The van der Waals surface area contributed by atoms with Crippen molar-refractivity contribution in [3.63, 3.8) is 0 Å². The fraction of sp³-hybridized carbons (Fsp3) is 0.562. The lowest BCUT2D eigenvalue weighted by Gasteiger charge is -2.22. The summed E-state index contributed by atoms with van der Waals surface area (Å²) < 4.78 is 5.79. The molecule has 0 spiro atoms. The first-order valence-electron chi connectivity index (χ1n) is 7.44. The largest absolute Gasteiger partial charge is 0.492 e. The van der Waals surface area contributed by atoms with Gasteiger partial charge < -0.3 is 9.84 Å². The van der Waals surface area contributed by atoms with E-state index in [-0.39, 0.29) is 12.0 Å². The van der Waals surface area contributed by atoms with Gasteiger partial charge in [-0.1, -0.05) is 0 Å². The molecule has 3 atom stereocenters. The molecule has 1 aromatic carbocycles. The Hall–Kier alpha value is -1.20. The van der Waals surface area contributed by atoms with Gasteiger partial charge in [0.1, 0.15) is 12.4 Å². The molecule has 4 nitrogen and oxygen atoms in total. The average Bonchev–Trinajstić information content (AvgIpc) is 3.05. The molecule has 2 saturated heterocycles. The lowest BCUT2D eigenvalue weighted by molar-refractivity contribution is -0.142. The van der Waals surface area contributed by atoms with Crippen LogP contribution in [0.1, 0.15) is 19.3 Å². The molecule has 2 aliphatic rings. The Morgan fingerprint density at radius 3 is 2.76 bits per heavy atom. The van der Waals surface area contributed by atoms with Gasteiger partial charge in [0, 0.05) is 23.5 Å². The van der Waals surface area contributed by atoms with Crippen LogP contribution < -0.4 is 4.74 Å². The first-order valence-corrected chi connectivity index (χ1v) is 8.67. The molecule has 1 N–H and O–H groups in total. The van der Waals surface area contributed by atoms with Gasteiger partial charge in [0.2, 0.25) is 0 Å². The third-order valence-electron chi connectivity index (χ3n) is 4.68. The summed E-state index contributed by atoms with van der Waals surface area (Å²) in [4.78, 5) is 14.8. The number of carboxylic acids is 1. The smallest absolute Gasteiger partial charge is 0.308 e. The standard InChI is InChI=1S/C16H21NO3S/c1-21-13-5-3-12(4-6-13)20-9-8-17-11-2-7-15(17)14(10-11)16(18)19/h3-6,11,14-15H,2,7-10H2,1H3,(H,18,19). The zero-order valence-electron chi connectivity index (χ0n) is 12.2. The highest BCUT2D eigenvalue weighted by atomic mass is 32.2. The molecule has 2 bridgehead atoms. The summed E-state index contributed by atoms with van der Waals surface area (Å²) in [5, 5.41) is 9.25. The number of hydrogen-bond acceptors (Lipinski definition) is 4. The minimum Gasteiger partial charge on any atom is -0.492 e. The third-order valence-corrected chi connectivity index (χ3v) is 5.42. The molecular weight excluding hydrogens is 286 g/mol. The van der Waals surface area contributed by atoms with Gasteiger partial charge in [-0.3, -0.25) is 9.69 Å². The van der Waals surface area contributed by atoms with Crippen LogP contribution in [0, 0.1) is 5.92 Å². The van der Waals surface area contributed by atoms with Gasteiger partial charge in [-0.25, -0.2) is 0 Å². The zero-order chi connectivity index (χ0) is 14.8. The van der Waals surface area contributed by atoms with Crippen LogP contribution in [0.4, 0.5) is 0 Å². The number of carboxylic acid groups (broad SMARTS) is 1. The fourth-order valence-corrected chi connectivity index (χ4v) is 4.06. The van der Waals surface area contributed by atoms with Crippen molar-refractivity contribution in [3.05, 3.63) is 24.3 Å². The molecular formula is C16H21NO3S. The van der Waals surface area contributed by atoms with Crippen LogP contribution in [0.25, 0.3) is 0 Å². The Kier molecular flexibility index (Phi) is 4.40. The number of aliphatic carboxylic acids is 1. The monoisotopic (exact) mass is 307 g/mol. The van der Waals surface area contributed by atoms with Crippen LogP contribution in [0.15, 0.2) is 29.2 Å². The summed E-state index contributed by atoms with van der Waals surface area (Å²) in [6.07, 6.45) is 5.02. The molecule has 1 aromatic rings. The number of hydrogen-bond donors (Lipinski definition) is 1. The normalized spacial score (nSPS) is 28.0. The molecule has 3 unspecified atom stereocenters. The minimum absolute atomic E-state index is 0.176. The fourth-order valence-electron chi connectivity index (χ4n) is 3.66. The van der Waals surface area contributed by atoms with Gasteiger partial charge in [0.15, 0.2) is 0 Å². The van der Waals surface area contributed by atoms with Crippen molar-refractivity contribution >= 4 is 17.7 Å². The van der Waals surface area contributed by atoms with Crippen LogP contribution >= 0.6 is 11.8 Å². The maximum atomic E-state index is 11.2. The van der Waals surface area contributed by atoms with Crippen LogP contribution in [0.3, 0.4) is 0 Å². The van der Waals surface area contributed by atoms with Crippen LogP contribution in [0.2, 0.25) is 0 Å². The second-order valence-corrected chi connectivity index (χ2v) is 6.62. The van der Waals surface area contributed by atoms with Gasteiger partial charge in [0.25, 0.3) is 0 Å². The summed E-state index contributed by atoms with van der Waals surface area (Å²) in [7, 11) is 0. The molecule has 114 valence electrons. The van der Waals surface area contributed by atoms with Gasteiger partial charge in [-0.2, -0.15) is 0 Å². The third kappa shape index (κ3) is 3.04. The molecule has 0 aromatic heterocycles. The van der Waals surface area contributed by atoms with Crippen molar-refractivity contribution in [3.8, 4) is 5.75 Å². The van der Waals surface area contributed by atoms with Crippen LogP contribution in [0.5, 0.6) is 5.75 Å². The van der Waals surface area contributed by atoms with E-state index in [1.54, 1.807) is 11.8 Å². The van der Waals surface area contributed by atoms with Gasteiger partial charge in [0.05, 0.1) is 5.92 Å². The Morgan fingerprint density at radius 2 is 2.14 bits per heavy atom. The lowest BCUT2D eigenvalue weighted by Crippen LogP contribution is -2.35. The molecule has 0 amide bonds. The lowest BCUT2D eigenvalue weighted by atomic mass is 9.89. The predicted molar refractivity (Wildman–Crippen MR) is 83.0 cm³/mol. The summed E-state index contributed by atoms with van der Waals surface area (Å²) in [5.74, 6) is 0.0690. The maximum absolute atomic E-state index is 11.2. The number of carbonyl (C=O) groups is 1. The Bertz CT molecular complexity index is 505. The van der Waals surface area contributed by atoms with Crippen molar-refractivity contribution in [2.24, 2.45) is 5.92 Å². The second kappa shape index (κ2) is 6.28. The summed E-state index contributed by atoms with van der Waals surface area (Å²) in [5.41, 5.74) is 0. The average molecular weight is 307 g/mol. The highest BCUT2D eigenvalue weighted by Crippen LogP contribution is 2.41. The molecule has 0 saturated carbocycles. The highest BCUT2D eigenvalue weighted by Gasteiger charge is 2.48. The molecule has 21 heavy (non-hydrogen) atoms. The SMILES string of the molecule is CSc1ccc(OCCN2C3CCC2C(C(=O)O)C3)cc1. The van der Waals surface area contributed by atoms with E-state index < -0.39 is 5.97 Å². The van der Waals surface area contributed by atoms with E-state index in [4.69, 9.17) is 4.74 Å². The van der Waals surface area contributed by atoms with Crippen LogP contribution in [-0.2, 0) is 4.79 Å². The number of ether oxygens (including phenoxy) is 1. The van der Waals surface area contributed by atoms with Gasteiger partial charge in [-0.05, 0) is 49.8 Å². The van der Waals surface area contributed by atoms with E-state index >= 15 is 0 Å². The summed E-state index contributed by atoms with van der Waals surface area (Å²) in [6, 6.07) is 8.75. The number of benzene rings is 1. The summed E-state index contributed by atoms with van der Waals surface area (Å²) in [6.45, 7) is 1.45. The van der Waals surface area contributed by atoms with Crippen molar-refractivity contribution in [1.82, 2.24) is 4.90 Å². The Balaban J connectivity index is 1.50. The van der Waals surface area contributed by atoms with E-state index in [1.165, 1.54) is 4.90 Å². The van der Waals surface area contributed by atoms with Crippen molar-refractivity contribution in [1.29, 1.82) is 0 Å². The number of thioether (sulfide) groups is 1. The molecule has 2 heterocycles. The van der Waals surface area contributed by atoms with E-state index in [2.05, 4.69) is 23.3 Å². The highest BCUT2D eigenvalue weighted by molar-refractivity contribution is 7.98. The van der Waals surface area contributed by atoms with Crippen molar-refractivity contribution in [2.45, 2.75) is 36.2 Å². The van der Waals surface area contributed by atoms with Crippen molar-refractivity contribution < 1.29 is 14.6 Å². The number of nitrogens with zero attached hydrogens (tertiary/aromatic N) is 1. The van der Waals surface area contributed by atoms with E-state index in [1.807, 2.05) is 12.1 Å². The van der Waals surface area contributed by atoms with E-state index in [0.717, 1.165) is 31.6 Å². The topological polar surface area (TPSA) is 49.8 Å². The zero-order valence-corrected chi connectivity index (χ0v) is 13.0. The Morgan fingerprint density at radius 1 is 1.38 bits per heavy atom. The first kappa shape index (κ1) is 14.7. The molecule has 2 fully saturated rings. The molecule has 0 aliphatic carbocycles. The van der Waals surface area contributed by atoms with E-state index in [0.29, 0.717) is 12.6 Å². The predicted octanol–water partition coefficient (Wildman–Crippen LogP) is 2.72. The molecule has 2 aliphatic heterocycles. The summed E-state index contributed by atoms with van der Waals surface area (Å²) >= 11 is 1.71. The van der Waals surface area contributed by atoms with Crippen LogP contribution in [-0.4, -0.2) is 47.5 Å². The van der Waals surface area contributed by atoms with Crippen molar-refractivity contribution in [2.75, 3.05) is 19.4 Å². The molecule has 3 rings (SSSR count). The number of fused-ring (bicyclic) bond motifs is 2. The first-order chi connectivity index (χ1) is 10.2. The minimum atomic E-state index is -0.638. The molecule has 0 radical (unpaired) electrons. The van der Waals surface area contributed by atoms with Gasteiger partial charge >= 0.3 is 5.97 Å². The second-order valence-electron chi connectivity index (χ2n) is 5.74. The quantitative estimate of drug-likeness (QED) is 0.819.